The van der Waals surface area contributed by atoms with Crippen LogP contribution in [-0.4, -0.2) is 36.9 Å². The number of carbonyl (C=O) groups is 1. The van der Waals surface area contributed by atoms with Crippen LogP contribution in [0.1, 0.15) is 11.3 Å². The highest BCUT2D eigenvalue weighted by atomic mass is 32.2. The molecule has 2 heterocycles. The minimum absolute atomic E-state index is 0.00253. The normalized spacial score (nSPS) is 20.7. The summed E-state index contributed by atoms with van der Waals surface area (Å²) in [6, 6.07) is 4.71. The van der Waals surface area contributed by atoms with Gasteiger partial charge in [-0.1, -0.05) is 0 Å². The molecule has 2 rings (SSSR count). The lowest BCUT2D eigenvalue weighted by molar-refractivity contribution is -0.141. The molecule has 1 aliphatic rings. The molecule has 0 spiro atoms. The highest BCUT2D eigenvalue weighted by molar-refractivity contribution is 7.91. The average molecular weight is 286 g/mol. The van der Waals surface area contributed by atoms with Gasteiger partial charge in [0.15, 0.2) is 0 Å². The molecule has 1 atom stereocenters. The van der Waals surface area contributed by atoms with E-state index >= 15 is 0 Å². The quantitative estimate of drug-likeness (QED) is 0.882. The van der Waals surface area contributed by atoms with Gasteiger partial charge in [0.1, 0.15) is 15.2 Å². The second-order valence-corrected chi connectivity index (χ2v) is 7.17. The molecule has 1 aliphatic heterocycles. The first-order valence-electron chi connectivity index (χ1n) is 5.18. The fraction of sp³-hybridized carbons (Fsp3) is 0.400. The third-order valence-corrected chi connectivity index (χ3v) is 6.11. The van der Waals surface area contributed by atoms with Crippen LogP contribution in [0.3, 0.4) is 0 Å². The molecule has 0 saturated carbocycles. The van der Waals surface area contributed by atoms with Crippen molar-refractivity contribution < 1.29 is 18.3 Å². The highest BCUT2D eigenvalue weighted by Crippen LogP contribution is 2.28. The van der Waals surface area contributed by atoms with Crippen LogP contribution in [0.15, 0.2) is 16.3 Å². The molecule has 0 amide bonds. The SMILES string of the molecule is N#Cc1ccc(S(=O)(=O)N2CCC(C(=O)O)C2)s1. The van der Waals surface area contributed by atoms with Crippen LogP contribution in [0.4, 0.5) is 0 Å². The van der Waals surface area contributed by atoms with Crippen molar-refractivity contribution >= 4 is 27.3 Å². The Hall–Kier alpha value is -1.43. The van der Waals surface area contributed by atoms with Gasteiger partial charge < -0.3 is 5.11 Å². The summed E-state index contributed by atoms with van der Waals surface area (Å²) in [6.45, 7) is 0.205. The number of carboxylic acids is 1. The lowest BCUT2D eigenvalue weighted by Gasteiger charge is -2.14. The van der Waals surface area contributed by atoms with Gasteiger partial charge in [-0.3, -0.25) is 4.79 Å². The minimum Gasteiger partial charge on any atom is -0.481 e. The van der Waals surface area contributed by atoms with Crippen LogP contribution in [0.2, 0.25) is 0 Å². The summed E-state index contributed by atoms with van der Waals surface area (Å²) in [5.74, 6) is -1.62. The molecule has 1 saturated heterocycles. The van der Waals surface area contributed by atoms with Crippen molar-refractivity contribution in [3.63, 3.8) is 0 Å². The summed E-state index contributed by atoms with van der Waals surface area (Å²) < 4.78 is 25.6. The summed E-state index contributed by atoms with van der Waals surface area (Å²) in [6.07, 6.45) is 0.324. The summed E-state index contributed by atoms with van der Waals surface area (Å²) >= 11 is 0.898. The lowest BCUT2D eigenvalue weighted by Crippen LogP contribution is -2.29. The Morgan fingerprint density at radius 1 is 1.56 bits per heavy atom. The standard InChI is InChI=1S/C10H10N2O4S2/c11-5-8-1-2-9(17-8)18(15,16)12-4-3-7(6-12)10(13)14/h1-2,7H,3-4,6H2,(H,13,14). The number of thiophene rings is 1. The summed E-state index contributed by atoms with van der Waals surface area (Å²) in [5.41, 5.74) is 0. The maximum absolute atomic E-state index is 12.2. The second-order valence-electron chi connectivity index (χ2n) is 3.92. The number of hydrogen-bond acceptors (Lipinski definition) is 5. The molecule has 1 N–H and O–H groups in total. The minimum atomic E-state index is -3.66. The maximum Gasteiger partial charge on any atom is 0.307 e. The van der Waals surface area contributed by atoms with Gasteiger partial charge in [0.25, 0.3) is 10.0 Å². The zero-order valence-electron chi connectivity index (χ0n) is 9.24. The molecule has 0 aromatic carbocycles. The number of nitrogens with zero attached hydrogens (tertiary/aromatic N) is 2. The zero-order valence-corrected chi connectivity index (χ0v) is 10.9. The van der Waals surface area contributed by atoms with Gasteiger partial charge in [-0.2, -0.15) is 9.57 Å². The Balaban J connectivity index is 2.23. The number of aliphatic carboxylic acids is 1. The van der Waals surface area contributed by atoms with Gasteiger partial charge in [0, 0.05) is 13.1 Å². The van der Waals surface area contributed by atoms with Crippen molar-refractivity contribution in [3.05, 3.63) is 17.0 Å². The molecule has 0 aliphatic carbocycles. The van der Waals surface area contributed by atoms with E-state index in [9.17, 15) is 13.2 Å². The van der Waals surface area contributed by atoms with Gasteiger partial charge in [-0.05, 0) is 18.6 Å². The van der Waals surface area contributed by atoms with E-state index < -0.39 is 21.9 Å². The zero-order chi connectivity index (χ0) is 13.3. The van der Waals surface area contributed by atoms with E-state index in [1.807, 2.05) is 6.07 Å². The van der Waals surface area contributed by atoms with Crippen LogP contribution in [0, 0.1) is 17.2 Å². The van der Waals surface area contributed by atoms with Crippen molar-refractivity contribution in [3.8, 4) is 6.07 Å². The molecular weight excluding hydrogens is 276 g/mol. The molecule has 1 aromatic heterocycles. The maximum atomic E-state index is 12.2. The van der Waals surface area contributed by atoms with E-state index in [2.05, 4.69) is 0 Å². The fourth-order valence-corrected chi connectivity index (χ4v) is 4.55. The van der Waals surface area contributed by atoms with Crippen LogP contribution < -0.4 is 0 Å². The third-order valence-electron chi connectivity index (χ3n) is 2.79. The Labute approximate surface area is 108 Å². The number of sulfonamides is 1. The Morgan fingerprint density at radius 2 is 2.28 bits per heavy atom. The summed E-state index contributed by atoms with van der Waals surface area (Å²) in [5, 5.41) is 17.5. The van der Waals surface area contributed by atoms with E-state index in [1.54, 1.807) is 0 Å². The van der Waals surface area contributed by atoms with Gasteiger partial charge in [0.2, 0.25) is 0 Å². The monoisotopic (exact) mass is 286 g/mol. The van der Waals surface area contributed by atoms with Crippen LogP contribution in [0.25, 0.3) is 0 Å². The fourth-order valence-electron chi connectivity index (χ4n) is 1.79. The molecule has 1 unspecified atom stereocenters. The van der Waals surface area contributed by atoms with Gasteiger partial charge in [-0.15, -0.1) is 11.3 Å². The van der Waals surface area contributed by atoms with E-state index in [-0.39, 0.29) is 17.3 Å². The van der Waals surface area contributed by atoms with Gasteiger partial charge in [-0.25, -0.2) is 8.42 Å². The molecule has 6 nitrogen and oxygen atoms in total. The Morgan fingerprint density at radius 3 is 2.78 bits per heavy atom. The Bertz CT molecular complexity index is 614. The van der Waals surface area contributed by atoms with E-state index in [0.717, 1.165) is 11.3 Å². The highest BCUT2D eigenvalue weighted by Gasteiger charge is 2.36. The molecule has 1 aromatic rings. The van der Waals surface area contributed by atoms with Crippen LogP contribution in [-0.2, 0) is 14.8 Å². The van der Waals surface area contributed by atoms with E-state index in [0.29, 0.717) is 11.3 Å². The van der Waals surface area contributed by atoms with Crippen molar-refractivity contribution in [2.24, 2.45) is 5.92 Å². The summed E-state index contributed by atoms with van der Waals surface area (Å²) in [4.78, 5) is 11.1. The Kier molecular flexibility index (Phi) is 3.38. The number of hydrogen-bond donors (Lipinski definition) is 1. The van der Waals surface area contributed by atoms with Crippen molar-refractivity contribution in [2.45, 2.75) is 10.6 Å². The van der Waals surface area contributed by atoms with E-state index in [1.165, 1.54) is 16.4 Å². The number of rotatable bonds is 3. The molecule has 18 heavy (non-hydrogen) atoms. The third kappa shape index (κ3) is 2.25. The topological polar surface area (TPSA) is 98.5 Å². The number of carboxylic acid groups (broad SMARTS) is 1. The molecular formula is C10H10N2O4S2. The molecule has 0 bridgehead atoms. The first-order chi connectivity index (χ1) is 8.45. The molecule has 0 radical (unpaired) electrons. The van der Waals surface area contributed by atoms with Crippen molar-refractivity contribution in [2.75, 3.05) is 13.1 Å². The van der Waals surface area contributed by atoms with Crippen LogP contribution >= 0.6 is 11.3 Å². The molecule has 1 fully saturated rings. The molecule has 8 heteroatoms. The van der Waals surface area contributed by atoms with Crippen molar-refractivity contribution in [1.82, 2.24) is 4.31 Å². The first kappa shape index (κ1) is 13.0. The largest absolute Gasteiger partial charge is 0.481 e. The molecule has 96 valence electrons. The van der Waals surface area contributed by atoms with Gasteiger partial charge >= 0.3 is 5.97 Å². The second kappa shape index (κ2) is 4.68. The first-order valence-corrected chi connectivity index (χ1v) is 7.43. The predicted molar refractivity (Wildman–Crippen MR) is 63.5 cm³/mol. The predicted octanol–water partition coefficient (Wildman–Crippen LogP) is 0.715. The van der Waals surface area contributed by atoms with Crippen LogP contribution in [0.5, 0.6) is 0 Å². The summed E-state index contributed by atoms with van der Waals surface area (Å²) in [7, 11) is -3.66. The lowest BCUT2D eigenvalue weighted by atomic mass is 10.1. The average Bonchev–Trinajstić information content (AvgIpc) is 2.98. The van der Waals surface area contributed by atoms with Gasteiger partial charge in [0.05, 0.1) is 5.92 Å². The van der Waals surface area contributed by atoms with Crippen molar-refractivity contribution in [1.29, 1.82) is 5.26 Å². The van der Waals surface area contributed by atoms with E-state index in [4.69, 9.17) is 10.4 Å². The number of nitriles is 1. The smallest absolute Gasteiger partial charge is 0.307 e.